The summed E-state index contributed by atoms with van der Waals surface area (Å²) in [6.45, 7) is 3.94. The number of fused-ring (bicyclic) bond motifs is 1. The van der Waals surface area contributed by atoms with Gasteiger partial charge in [0.1, 0.15) is 17.0 Å². The summed E-state index contributed by atoms with van der Waals surface area (Å²) in [5, 5.41) is 4.01. The fourth-order valence-corrected chi connectivity index (χ4v) is 7.29. The summed E-state index contributed by atoms with van der Waals surface area (Å²) in [7, 11) is 0. The molecule has 0 atom stereocenters. The van der Waals surface area contributed by atoms with Crippen molar-refractivity contribution in [2.45, 2.75) is 64.3 Å². The van der Waals surface area contributed by atoms with E-state index in [0.29, 0.717) is 28.0 Å². The Morgan fingerprint density at radius 3 is 2.56 bits per heavy atom. The van der Waals surface area contributed by atoms with E-state index in [0.717, 1.165) is 75.6 Å². The second-order valence-electron chi connectivity index (χ2n) is 10.3. The van der Waals surface area contributed by atoms with Crippen molar-refractivity contribution in [1.29, 1.82) is 0 Å². The monoisotopic (exact) mass is 477 g/mol. The number of halogens is 1. The van der Waals surface area contributed by atoms with E-state index in [1.807, 2.05) is 25.1 Å². The third-order valence-corrected chi connectivity index (χ3v) is 9.68. The lowest BCUT2D eigenvalue weighted by molar-refractivity contribution is -0.131. The molecule has 1 aromatic heterocycles. The van der Waals surface area contributed by atoms with E-state index in [-0.39, 0.29) is 17.4 Å². The zero-order valence-corrected chi connectivity index (χ0v) is 20.3. The second kappa shape index (κ2) is 8.73. The highest BCUT2D eigenvalue weighted by atomic mass is 35.5. The number of amides is 1. The Bertz CT molecular complexity index is 970. The number of piperidine rings is 1. The summed E-state index contributed by atoms with van der Waals surface area (Å²) >= 11 is 5.34. The molecule has 1 aromatic carbocycles. The molecule has 174 valence electrons. The van der Waals surface area contributed by atoms with E-state index in [1.54, 1.807) is 0 Å². The van der Waals surface area contributed by atoms with Gasteiger partial charge in [-0.15, -0.1) is 0 Å². The lowest BCUT2D eigenvalue weighted by atomic mass is 9.67. The Morgan fingerprint density at radius 2 is 1.88 bits per heavy atom. The smallest absolute Gasteiger partial charge is 0.298 e. The average molecular weight is 478 g/mol. The normalized spacial score (nSPS) is 28.8. The number of hydrogen-bond donors (Lipinski definition) is 1. The molecule has 8 heteroatoms. The van der Waals surface area contributed by atoms with Gasteiger partial charge in [0.15, 0.2) is 5.58 Å². The van der Waals surface area contributed by atoms with Crippen LogP contribution in [0, 0.1) is 10.8 Å². The van der Waals surface area contributed by atoms with Crippen LogP contribution in [0.25, 0.3) is 11.1 Å². The fourth-order valence-electron chi connectivity index (χ4n) is 5.56. The molecule has 0 radical (unpaired) electrons. The highest BCUT2D eigenvalue weighted by molar-refractivity contribution is 7.91. The minimum Gasteiger partial charge on any atom is -0.616 e. The van der Waals surface area contributed by atoms with E-state index in [2.05, 4.69) is 15.2 Å². The van der Waals surface area contributed by atoms with E-state index in [1.165, 1.54) is 0 Å². The Kier molecular flexibility index (Phi) is 6.10. The number of carbonyl (C=O) groups excluding carboxylic acids is 1. The average Bonchev–Trinajstić information content (AvgIpc) is 3.21. The molecule has 3 heterocycles. The Labute approximate surface area is 197 Å². The number of benzene rings is 1. The molecule has 0 unspecified atom stereocenters. The molecule has 2 aromatic rings. The zero-order chi connectivity index (χ0) is 22.3. The number of aromatic nitrogens is 1. The highest BCUT2D eigenvalue weighted by Gasteiger charge is 2.42. The van der Waals surface area contributed by atoms with Crippen molar-refractivity contribution in [1.82, 2.24) is 10.3 Å². The molecule has 5 rings (SSSR count). The van der Waals surface area contributed by atoms with E-state index in [9.17, 15) is 9.35 Å². The van der Waals surface area contributed by atoms with Gasteiger partial charge in [-0.1, -0.05) is 29.7 Å². The number of carbonyl (C=O) groups is 1. The van der Waals surface area contributed by atoms with Gasteiger partial charge in [-0.05, 0) is 62.1 Å². The first-order valence-corrected chi connectivity index (χ1v) is 13.7. The van der Waals surface area contributed by atoms with Crippen molar-refractivity contribution in [3.8, 4) is 0 Å². The van der Waals surface area contributed by atoms with Crippen molar-refractivity contribution in [3.05, 3.63) is 23.2 Å². The van der Waals surface area contributed by atoms with Crippen molar-refractivity contribution in [2.24, 2.45) is 10.8 Å². The molecule has 32 heavy (non-hydrogen) atoms. The van der Waals surface area contributed by atoms with Crippen LogP contribution < -0.4 is 10.2 Å². The molecule has 3 aliphatic rings. The van der Waals surface area contributed by atoms with Crippen LogP contribution in [0.1, 0.15) is 58.3 Å². The van der Waals surface area contributed by atoms with Gasteiger partial charge in [0.2, 0.25) is 5.91 Å². The summed E-state index contributed by atoms with van der Waals surface area (Å²) in [5.41, 5.74) is 1.61. The molecule has 0 bridgehead atoms. The van der Waals surface area contributed by atoms with Gasteiger partial charge in [-0.2, -0.15) is 4.98 Å². The van der Waals surface area contributed by atoms with Gasteiger partial charge in [0.25, 0.3) is 6.01 Å². The first-order valence-electron chi connectivity index (χ1n) is 11.8. The number of nitrogens with zero attached hydrogens (tertiary/aromatic N) is 2. The third-order valence-electron chi connectivity index (χ3n) is 8.13. The molecular formula is C24H32ClN3O3S. The number of oxazole rings is 1. The summed E-state index contributed by atoms with van der Waals surface area (Å²) in [4.78, 5) is 19.8. The van der Waals surface area contributed by atoms with Gasteiger partial charge in [-0.3, -0.25) is 4.79 Å². The maximum Gasteiger partial charge on any atom is 0.298 e. The minimum atomic E-state index is -0.742. The van der Waals surface area contributed by atoms with Crippen LogP contribution in [-0.2, 0) is 16.0 Å². The van der Waals surface area contributed by atoms with Crippen LogP contribution in [0.15, 0.2) is 22.6 Å². The molecule has 3 fully saturated rings. The largest absolute Gasteiger partial charge is 0.616 e. The lowest BCUT2D eigenvalue weighted by Gasteiger charge is -2.46. The predicted molar refractivity (Wildman–Crippen MR) is 129 cm³/mol. The first-order chi connectivity index (χ1) is 15.3. The number of anilines is 1. The third kappa shape index (κ3) is 4.48. The molecule has 1 amide bonds. The molecule has 1 aliphatic carbocycles. The van der Waals surface area contributed by atoms with Crippen LogP contribution in [0.4, 0.5) is 6.01 Å². The topological polar surface area (TPSA) is 81.4 Å². The molecule has 6 nitrogen and oxygen atoms in total. The van der Waals surface area contributed by atoms with Gasteiger partial charge in [0, 0.05) is 37.0 Å². The molecular weight excluding hydrogens is 446 g/mol. The highest BCUT2D eigenvalue weighted by Crippen LogP contribution is 2.45. The maximum atomic E-state index is 12.9. The molecule has 2 saturated heterocycles. The van der Waals surface area contributed by atoms with Crippen LogP contribution in [-0.4, -0.2) is 46.1 Å². The van der Waals surface area contributed by atoms with Gasteiger partial charge in [0.05, 0.1) is 5.41 Å². The second-order valence-corrected chi connectivity index (χ2v) is 12.4. The summed E-state index contributed by atoms with van der Waals surface area (Å²) < 4.78 is 17.6. The predicted octanol–water partition coefficient (Wildman–Crippen LogP) is 4.68. The number of hydrogen-bond acceptors (Lipinski definition) is 5. The van der Waals surface area contributed by atoms with E-state index < -0.39 is 11.2 Å². The van der Waals surface area contributed by atoms with Crippen LogP contribution >= 0.6 is 11.6 Å². The van der Waals surface area contributed by atoms with Gasteiger partial charge >= 0.3 is 0 Å². The van der Waals surface area contributed by atoms with E-state index in [4.69, 9.17) is 16.0 Å². The van der Waals surface area contributed by atoms with E-state index >= 15 is 0 Å². The molecule has 1 N–H and O–H groups in total. The SMILES string of the molecule is CC1(C(=O)NC2CCC3(CC2)CCN(c2nc4cc(Cl)ccc4o2)CC3)CC[S+]([O-])CC1. The Morgan fingerprint density at radius 1 is 1.19 bits per heavy atom. The fraction of sp³-hybridized carbons (Fsp3) is 0.667. The maximum absolute atomic E-state index is 12.9. The minimum absolute atomic E-state index is 0.168. The number of rotatable bonds is 3. The lowest BCUT2D eigenvalue weighted by Crippen LogP contribution is -2.50. The summed E-state index contributed by atoms with van der Waals surface area (Å²) in [6, 6.07) is 6.52. The standard InChI is InChI=1S/C24H32ClN3O3S/c1-23(10-14-32(30)15-11-23)21(29)26-18-4-6-24(7-5-18)8-12-28(13-9-24)22-27-19-16-17(25)2-3-20(19)31-22/h2-3,16,18H,4-15H2,1H3,(H,26,29). The van der Waals surface area contributed by atoms with Crippen molar-refractivity contribution in [3.63, 3.8) is 0 Å². The summed E-state index contributed by atoms with van der Waals surface area (Å²) in [6.07, 6.45) is 8.17. The quantitative estimate of drug-likeness (QED) is 0.649. The van der Waals surface area contributed by atoms with Gasteiger partial charge < -0.3 is 19.2 Å². The molecule has 1 saturated carbocycles. The van der Waals surface area contributed by atoms with Crippen molar-refractivity contribution >= 4 is 45.8 Å². The van der Waals surface area contributed by atoms with Crippen molar-refractivity contribution in [2.75, 3.05) is 29.5 Å². The Balaban J connectivity index is 1.13. The molecule has 2 aliphatic heterocycles. The Hall–Kier alpha value is -1.44. The van der Waals surface area contributed by atoms with Crippen LogP contribution in [0.3, 0.4) is 0 Å². The van der Waals surface area contributed by atoms with Crippen LogP contribution in [0.2, 0.25) is 5.02 Å². The van der Waals surface area contributed by atoms with Crippen molar-refractivity contribution < 1.29 is 13.8 Å². The van der Waals surface area contributed by atoms with Gasteiger partial charge in [-0.25, -0.2) is 0 Å². The number of nitrogens with one attached hydrogen (secondary N) is 1. The van der Waals surface area contributed by atoms with Crippen LogP contribution in [0.5, 0.6) is 0 Å². The summed E-state index contributed by atoms with van der Waals surface area (Å²) in [5.74, 6) is 1.48. The molecule has 1 spiro atoms. The zero-order valence-electron chi connectivity index (χ0n) is 18.7. The first kappa shape index (κ1) is 22.4.